The van der Waals surface area contributed by atoms with E-state index in [9.17, 15) is 8.78 Å². The Hall–Kier alpha value is -1.91. The van der Waals surface area contributed by atoms with Gasteiger partial charge in [-0.15, -0.1) is 24.0 Å². The lowest BCUT2D eigenvalue weighted by Crippen LogP contribution is -2.52. The molecule has 1 saturated heterocycles. The molecule has 6 nitrogen and oxygen atoms in total. The molecule has 0 saturated carbocycles. The van der Waals surface area contributed by atoms with Crippen LogP contribution in [0.25, 0.3) is 0 Å². The van der Waals surface area contributed by atoms with E-state index < -0.39 is 5.82 Å². The molecular weight excluding hydrogens is 477 g/mol. The molecule has 1 fully saturated rings. The Morgan fingerprint density at radius 3 is 2.61 bits per heavy atom. The van der Waals surface area contributed by atoms with Gasteiger partial charge in [0.1, 0.15) is 11.6 Å². The molecule has 0 spiro atoms. The molecule has 0 bridgehead atoms. The Bertz CT molecular complexity index is 786. The van der Waals surface area contributed by atoms with Gasteiger partial charge in [-0.3, -0.25) is 9.67 Å². The number of anilines is 1. The summed E-state index contributed by atoms with van der Waals surface area (Å²) >= 11 is 0. The van der Waals surface area contributed by atoms with Crippen molar-refractivity contribution in [2.75, 3.05) is 44.7 Å². The minimum Gasteiger partial charge on any atom is -0.366 e. The summed E-state index contributed by atoms with van der Waals surface area (Å²) in [6.45, 7) is 6.32. The Labute approximate surface area is 181 Å². The van der Waals surface area contributed by atoms with Crippen molar-refractivity contribution in [3.05, 3.63) is 47.8 Å². The monoisotopic (exact) mass is 504 g/mol. The second-order valence-corrected chi connectivity index (χ2v) is 6.68. The van der Waals surface area contributed by atoms with Crippen molar-refractivity contribution in [2.45, 2.75) is 19.9 Å². The summed E-state index contributed by atoms with van der Waals surface area (Å²) in [4.78, 5) is 8.37. The van der Waals surface area contributed by atoms with Crippen molar-refractivity contribution in [1.82, 2.24) is 20.0 Å². The molecule has 1 aromatic heterocycles. The summed E-state index contributed by atoms with van der Waals surface area (Å²) in [6.07, 6.45) is 4.82. The van der Waals surface area contributed by atoms with Crippen molar-refractivity contribution in [3.8, 4) is 0 Å². The molecule has 0 unspecified atom stereocenters. The van der Waals surface area contributed by atoms with E-state index in [1.807, 2.05) is 28.9 Å². The van der Waals surface area contributed by atoms with E-state index in [1.54, 1.807) is 7.05 Å². The molecule has 1 aromatic carbocycles. The molecular formula is C19H27F2IN6. The van der Waals surface area contributed by atoms with Gasteiger partial charge >= 0.3 is 0 Å². The van der Waals surface area contributed by atoms with Crippen molar-refractivity contribution < 1.29 is 8.78 Å². The average Bonchev–Trinajstić information content (AvgIpc) is 3.09. The lowest BCUT2D eigenvalue weighted by atomic mass is 10.2. The van der Waals surface area contributed by atoms with Crippen molar-refractivity contribution >= 4 is 35.6 Å². The van der Waals surface area contributed by atoms with Crippen LogP contribution in [0, 0.1) is 18.6 Å². The molecule has 0 radical (unpaired) electrons. The number of hydrogen-bond acceptors (Lipinski definition) is 3. The van der Waals surface area contributed by atoms with Gasteiger partial charge in [0, 0.05) is 58.6 Å². The van der Waals surface area contributed by atoms with E-state index in [-0.39, 0.29) is 29.8 Å². The lowest BCUT2D eigenvalue weighted by molar-refractivity contribution is 0.369. The van der Waals surface area contributed by atoms with Crippen molar-refractivity contribution in [3.63, 3.8) is 0 Å². The fourth-order valence-corrected chi connectivity index (χ4v) is 3.25. The summed E-state index contributed by atoms with van der Waals surface area (Å²) in [6, 6.07) is 3.58. The first-order chi connectivity index (χ1) is 13.1. The second kappa shape index (κ2) is 10.6. The fraction of sp³-hybridized carbons (Fsp3) is 0.474. The highest BCUT2D eigenvalue weighted by molar-refractivity contribution is 14.0. The number of piperazine rings is 1. The van der Waals surface area contributed by atoms with Gasteiger partial charge in [0.15, 0.2) is 5.96 Å². The van der Waals surface area contributed by atoms with Gasteiger partial charge in [0.05, 0.1) is 11.9 Å². The van der Waals surface area contributed by atoms with E-state index in [2.05, 4.69) is 20.3 Å². The maximum absolute atomic E-state index is 14.0. The Balaban J connectivity index is 0.00000280. The normalized spacial score (nSPS) is 14.8. The van der Waals surface area contributed by atoms with Crippen LogP contribution in [-0.4, -0.2) is 60.4 Å². The molecule has 154 valence electrons. The highest BCUT2D eigenvalue weighted by Crippen LogP contribution is 2.21. The molecule has 28 heavy (non-hydrogen) atoms. The summed E-state index contributed by atoms with van der Waals surface area (Å²) in [5.74, 6) is 0.0332. The number of halogens is 3. The molecule has 0 aliphatic carbocycles. The van der Waals surface area contributed by atoms with Crippen LogP contribution >= 0.6 is 24.0 Å². The molecule has 1 N–H and O–H groups in total. The van der Waals surface area contributed by atoms with Crippen LogP contribution in [-0.2, 0) is 6.54 Å². The quantitative estimate of drug-likeness (QED) is 0.295. The number of benzene rings is 1. The van der Waals surface area contributed by atoms with Gasteiger partial charge < -0.3 is 15.1 Å². The van der Waals surface area contributed by atoms with Crippen LogP contribution < -0.4 is 10.2 Å². The zero-order chi connectivity index (χ0) is 19.2. The molecule has 1 aliphatic heterocycles. The molecule has 2 heterocycles. The van der Waals surface area contributed by atoms with Crippen LogP contribution in [0.1, 0.15) is 12.0 Å². The zero-order valence-corrected chi connectivity index (χ0v) is 18.6. The molecule has 0 amide bonds. The third-order valence-electron chi connectivity index (χ3n) is 4.65. The van der Waals surface area contributed by atoms with Gasteiger partial charge in [-0.1, -0.05) is 0 Å². The third kappa shape index (κ3) is 5.79. The van der Waals surface area contributed by atoms with Gasteiger partial charge in [-0.05, 0) is 31.0 Å². The summed E-state index contributed by atoms with van der Waals surface area (Å²) in [7, 11) is 1.76. The lowest BCUT2D eigenvalue weighted by Gasteiger charge is -2.37. The number of hydrogen-bond donors (Lipinski definition) is 1. The van der Waals surface area contributed by atoms with Crippen LogP contribution in [0.5, 0.6) is 0 Å². The first-order valence-corrected chi connectivity index (χ1v) is 9.21. The maximum Gasteiger partial charge on any atom is 0.193 e. The largest absolute Gasteiger partial charge is 0.366 e. The standard InChI is InChI=1S/C19H26F2N6.HI/c1-15-13-24-27(14-15)7-3-6-23-19(22-2)26-10-8-25(9-11-26)18-12-16(20)4-5-17(18)21;/h4-5,12-14H,3,6-11H2,1-2H3,(H,22,23);1H. The van der Waals surface area contributed by atoms with E-state index in [0.717, 1.165) is 37.1 Å². The van der Waals surface area contributed by atoms with Crippen LogP contribution in [0.15, 0.2) is 35.6 Å². The van der Waals surface area contributed by atoms with Gasteiger partial charge in [-0.25, -0.2) is 8.78 Å². The molecule has 3 rings (SSSR count). The molecule has 2 aromatic rings. The Kier molecular flexibility index (Phi) is 8.46. The number of aliphatic imine (C=N–C) groups is 1. The molecule has 1 aliphatic rings. The second-order valence-electron chi connectivity index (χ2n) is 6.68. The highest BCUT2D eigenvalue weighted by Gasteiger charge is 2.21. The SMILES string of the molecule is CN=C(NCCCn1cc(C)cn1)N1CCN(c2cc(F)ccc2F)CC1.I. The zero-order valence-electron chi connectivity index (χ0n) is 16.2. The summed E-state index contributed by atoms with van der Waals surface area (Å²) in [5.41, 5.74) is 1.48. The maximum atomic E-state index is 14.0. The van der Waals surface area contributed by atoms with Crippen LogP contribution in [0.4, 0.5) is 14.5 Å². The number of nitrogens with one attached hydrogen (secondary N) is 1. The van der Waals surface area contributed by atoms with E-state index >= 15 is 0 Å². The summed E-state index contributed by atoms with van der Waals surface area (Å²) in [5, 5.41) is 7.65. The summed E-state index contributed by atoms with van der Waals surface area (Å²) < 4.78 is 29.3. The molecule has 9 heteroatoms. The average molecular weight is 504 g/mol. The minimum absolute atomic E-state index is 0. The topological polar surface area (TPSA) is 48.7 Å². The predicted molar refractivity (Wildman–Crippen MR) is 119 cm³/mol. The van der Waals surface area contributed by atoms with E-state index in [4.69, 9.17) is 0 Å². The number of aromatic nitrogens is 2. The van der Waals surface area contributed by atoms with Gasteiger partial charge in [-0.2, -0.15) is 5.10 Å². The number of nitrogens with zero attached hydrogens (tertiary/aromatic N) is 5. The van der Waals surface area contributed by atoms with Crippen molar-refractivity contribution in [2.24, 2.45) is 4.99 Å². The molecule has 0 atom stereocenters. The van der Waals surface area contributed by atoms with E-state index in [0.29, 0.717) is 31.9 Å². The van der Waals surface area contributed by atoms with Crippen LogP contribution in [0.3, 0.4) is 0 Å². The minimum atomic E-state index is -0.418. The number of rotatable bonds is 5. The van der Waals surface area contributed by atoms with Gasteiger partial charge in [0.25, 0.3) is 0 Å². The Morgan fingerprint density at radius 1 is 1.21 bits per heavy atom. The van der Waals surface area contributed by atoms with Crippen LogP contribution in [0.2, 0.25) is 0 Å². The predicted octanol–water partition coefficient (Wildman–Crippen LogP) is 2.88. The third-order valence-corrected chi connectivity index (χ3v) is 4.65. The van der Waals surface area contributed by atoms with Gasteiger partial charge in [0.2, 0.25) is 0 Å². The highest BCUT2D eigenvalue weighted by atomic mass is 127. The smallest absolute Gasteiger partial charge is 0.193 e. The van der Waals surface area contributed by atoms with E-state index in [1.165, 1.54) is 12.1 Å². The fourth-order valence-electron chi connectivity index (χ4n) is 3.25. The number of guanidine groups is 1. The number of aryl methyl sites for hydroxylation is 2. The first-order valence-electron chi connectivity index (χ1n) is 9.21. The Morgan fingerprint density at radius 2 is 1.96 bits per heavy atom. The van der Waals surface area contributed by atoms with Crippen molar-refractivity contribution in [1.29, 1.82) is 0 Å². The first kappa shape index (κ1) is 22.4.